The van der Waals surface area contributed by atoms with Gasteiger partial charge in [0.2, 0.25) is 5.91 Å². The van der Waals surface area contributed by atoms with Crippen LogP contribution in [-0.2, 0) is 16.1 Å². The molecule has 0 unspecified atom stereocenters. The van der Waals surface area contributed by atoms with Crippen molar-refractivity contribution in [2.45, 2.75) is 32.9 Å². The number of carbonyl (C=O) groups excluding carboxylic acids is 2. The predicted octanol–water partition coefficient (Wildman–Crippen LogP) is 3.41. The zero-order chi connectivity index (χ0) is 22.2. The van der Waals surface area contributed by atoms with Crippen LogP contribution in [0.4, 0.5) is 5.69 Å². The molecule has 0 spiro atoms. The molecule has 4 rings (SSSR count). The van der Waals surface area contributed by atoms with E-state index in [1.807, 2.05) is 55.6 Å². The van der Waals surface area contributed by atoms with E-state index < -0.39 is 5.54 Å². The second kappa shape index (κ2) is 8.28. The SMILES string of the molecule is COCCNC(=O)[C@@]1(C)Cn2nc(-c3cccs3)cc2C(=O)N1c1cc(C)ccc1C. The van der Waals surface area contributed by atoms with Gasteiger partial charge >= 0.3 is 0 Å². The van der Waals surface area contributed by atoms with Crippen LogP contribution in [0, 0.1) is 13.8 Å². The van der Waals surface area contributed by atoms with E-state index in [2.05, 4.69) is 10.4 Å². The number of ether oxygens (including phenoxy) is 1. The predicted molar refractivity (Wildman–Crippen MR) is 122 cm³/mol. The minimum atomic E-state index is -1.14. The molecule has 0 fully saturated rings. The van der Waals surface area contributed by atoms with E-state index in [0.717, 1.165) is 27.4 Å². The van der Waals surface area contributed by atoms with Crippen molar-refractivity contribution in [3.8, 4) is 10.6 Å². The number of nitrogens with zero attached hydrogens (tertiary/aromatic N) is 3. The fraction of sp³-hybridized carbons (Fsp3) is 0.348. The number of fused-ring (bicyclic) bond motifs is 1. The Morgan fingerprint density at radius 2 is 2.10 bits per heavy atom. The lowest BCUT2D eigenvalue weighted by Crippen LogP contribution is -2.65. The van der Waals surface area contributed by atoms with Gasteiger partial charge < -0.3 is 10.1 Å². The molecule has 2 amide bonds. The molecule has 3 aromatic rings. The van der Waals surface area contributed by atoms with Crippen molar-refractivity contribution < 1.29 is 14.3 Å². The van der Waals surface area contributed by atoms with Crippen LogP contribution in [0.3, 0.4) is 0 Å². The number of hydrogen-bond donors (Lipinski definition) is 1. The quantitative estimate of drug-likeness (QED) is 0.599. The number of thiophene rings is 1. The lowest BCUT2D eigenvalue weighted by molar-refractivity contribution is -0.126. The van der Waals surface area contributed by atoms with E-state index in [1.54, 1.807) is 35.0 Å². The van der Waals surface area contributed by atoms with E-state index in [0.29, 0.717) is 18.8 Å². The molecule has 0 bridgehead atoms. The van der Waals surface area contributed by atoms with Crippen LogP contribution in [0.2, 0.25) is 0 Å². The third-order valence-electron chi connectivity index (χ3n) is 5.61. The molecule has 1 N–H and O–H groups in total. The van der Waals surface area contributed by atoms with E-state index in [1.165, 1.54) is 0 Å². The average molecular weight is 439 g/mol. The van der Waals surface area contributed by atoms with Crippen LogP contribution in [0.15, 0.2) is 41.8 Å². The molecule has 31 heavy (non-hydrogen) atoms. The van der Waals surface area contributed by atoms with Crippen LogP contribution < -0.4 is 10.2 Å². The van der Waals surface area contributed by atoms with Gasteiger partial charge in [0.25, 0.3) is 5.91 Å². The van der Waals surface area contributed by atoms with Crippen molar-refractivity contribution in [1.82, 2.24) is 15.1 Å². The first kappa shape index (κ1) is 21.3. The maximum atomic E-state index is 13.8. The van der Waals surface area contributed by atoms with Crippen molar-refractivity contribution in [1.29, 1.82) is 0 Å². The molecule has 0 saturated carbocycles. The van der Waals surface area contributed by atoms with Crippen molar-refractivity contribution in [2.75, 3.05) is 25.2 Å². The van der Waals surface area contributed by atoms with Crippen molar-refractivity contribution in [3.05, 3.63) is 58.6 Å². The number of methoxy groups -OCH3 is 1. The van der Waals surface area contributed by atoms with Gasteiger partial charge in [0.15, 0.2) is 0 Å². The highest BCUT2D eigenvalue weighted by Crippen LogP contribution is 2.36. The minimum Gasteiger partial charge on any atom is -0.383 e. The van der Waals surface area contributed by atoms with Gasteiger partial charge in [0, 0.05) is 19.3 Å². The number of aryl methyl sites for hydroxylation is 2. The zero-order valence-corrected chi connectivity index (χ0v) is 19.0. The second-order valence-electron chi connectivity index (χ2n) is 8.00. The Bertz CT molecular complexity index is 1120. The number of amides is 2. The Balaban J connectivity index is 1.82. The minimum absolute atomic E-state index is 0.236. The smallest absolute Gasteiger partial charge is 0.277 e. The molecule has 1 aliphatic rings. The number of benzene rings is 1. The van der Waals surface area contributed by atoms with Gasteiger partial charge in [-0.05, 0) is 55.5 Å². The third kappa shape index (κ3) is 3.77. The summed E-state index contributed by atoms with van der Waals surface area (Å²) in [5.41, 5.74) is 2.76. The van der Waals surface area contributed by atoms with Gasteiger partial charge in [-0.15, -0.1) is 11.3 Å². The van der Waals surface area contributed by atoms with E-state index >= 15 is 0 Å². The Morgan fingerprint density at radius 3 is 2.81 bits per heavy atom. The van der Waals surface area contributed by atoms with Gasteiger partial charge in [-0.1, -0.05) is 18.2 Å². The lowest BCUT2D eigenvalue weighted by Gasteiger charge is -2.43. The molecule has 1 aromatic carbocycles. The molecule has 0 aliphatic carbocycles. The van der Waals surface area contributed by atoms with Crippen molar-refractivity contribution in [2.24, 2.45) is 0 Å². The van der Waals surface area contributed by atoms with Crippen LogP contribution in [0.5, 0.6) is 0 Å². The number of nitrogens with one attached hydrogen (secondary N) is 1. The number of hydrogen-bond acceptors (Lipinski definition) is 5. The molecular formula is C23H26N4O3S. The summed E-state index contributed by atoms with van der Waals surface area (Å²) in [5, 5.41) is 9.55. The number of anilines is 1. The summed E-state index contributed by atoms with van der Waals surface area (Å²) in [6.45, 7) is 6.75. The van der Waals surface area contributed by atoms with E-state index in [4.69, 9.17) is 4.74 Å². The Kier molecular flexibility index (Phi) is 5.68. The van der Waals surface area contributed by atoms with Crippen LogP contribution in [-0.4, -0.2) is 47.4 Å². The molecule has 8 heteroatoms. The van der Waals surface area contributed by atoms with Gasteiger partial charge in [0.05, 0.1) is 18.0 Å². The van der Waals surface area contributed by atoms with Gasteiger partial charge in [-0.2, -0.15) is 5.10 Å². The van der Waals surface area contributed by atoms with Gasteiger partial charge in [-0.3, -0.25) is 19.2 Å². The summed E-state index contributed by atoms with van der Waals surface area (Å²) in [5.74, 6) is -0.475. The molecule has 1 aliphatic heterocycles. The zero-order valence-electron chi connectivity index (χ0n) is 18.1. The summed E-state index contributed by atoms with van der Waals surface area (Å²) in [7, 11) is 1.59. The number of aromatic nitrogens is 2. The summed E-state index contributed by atoms with van der Waals surface area (Å²) in [4.78, 5) is 29.8. The van der Waals surface area contributed by atoms with Crippen molar-refractivity contribution >= 4 is 28.8 Å². The normalized spacial score (nSPS) is 18.2. The maximum absolute atomic E-state index is 13.8. The first-order chi connectivity index (χ1) is 14.8. The summed E-state index contributed by atoms with van der Waals surface area (Å²) in [6, 6.07) is 11.7. The highest BCUT2D eigenvalue weighted by atomic mass is 32.1. The second-order valence-corrected chi connectivity index (χ2v) is 8.95. The van der Waals surface area contributed by atoms with Crippen molar-refractivity contribution in [3.63, 3.8) is 0 Å². The number of rotatable bonds is 6. The summed E-state index contributed by atoms with van der Waals surface area (Å²) in [6.07, 6.45) is 0. The monoisotopic (exact) mass is 438 g/mol. The molecule has 0 radical (unpaired) electrons. The Labute approximate surface area is 185 Å². The first-order valence-electron chi connectivity index (χ1n) is 10.2. The summed E-state index contributed by atoms with van der Waals surface area (Å²) >= 11 is 1.57. The topological polar surface area (TPSA) is 76.5 Å². The highest BCUT2D eigenvalue weighted by Gasteiger charge is 2.49. The highest BCUT2D eigenvalue weighted by molar-refractivity contribution is 7.13. The third-order valence-corrected chi connectivity index (χ3v) is 6.51. The average Bonchev–Trinajstić information content (AvgIpc) is 3.40. The molecule has 1 atom stereocenters. The molecule has 162 valence electrons. The largest absolute Gasteiger partial charge is 0.383 e. The fourth-order valence-electron chi connectivity index (χ4n) is 3.92. The van der Waals surface area contributed by atoms with Crippen LogP contribution >= 0.6 is 11.3 Å². The van der Waals surface area contributed by atoms with Crippen LogP contribution in [0.1, 0.15) is 28.5 Å². The number of carbonyl (C=O) groups is 2. The molecule has 3 heterocycles. The van der Waals surface area contributed by atoms with E-state index in [9.17, 15) is 9.59 Å². The summed E-state index contributed by atoms with van der Waals surface area (Å²) < 4.78 is 6.73. The molecule has 7 nitrogen and oxygen atoms in total. The van der Waals surface area contributed by atoms with E-state index in [-0.39, 0.29) is 18.4 Å². The molecule has 0 saturated heterocycles. The lowest BCUT2D eigenvalue weighted by atomic mass is 9.92. The first-order valence-corrected chi connectivity index (χ1v) is 11.0. The van der Waals surface area contributed by atoms with Gasteiger partial charge in [-0.25, -0.2) is 0 Å². The van der Waals surface area contributed by atoms with Crippen LogP contribution in [0.25, 0.3) is 10.6 Å². The molecule has 2 aromatic heterocycles. The molecular weight excluding hydrogens is 412 g/mol. The maximum Gasteiger partial charge on any atom is 0.277 e. The van der Waals surface area contributed by atoms with Gasteiger partial charge in [0.1, 0.15) is 16.9 Å². The fourth-order valence-corrected chi connectivity index (χ4v) is 4.60. The Hall–Kier alpha value is -2.97. The Morgan fingerprint density at radius 1 is 1.29 bits per heavy atom. The standard InChI is InChI=1S/C23H26N4O3S/c1-15-7-8-16(2)18(12-15)27-21(28)19-13-17(20-6-5-11-31-20)25-26(19)14-23(27,3)22(29)24-9-10-30-4/h5-8,11-13H,9-10,14H2,1-4H3,(H,24,29)/t23-/m1/s1.